The van der Waals surface area contributed by atoms with Crippen LogP contribution in [0.2, 0.25) is 0 Å². The van der Waals surface area contributed by atoms with Gasteiger partial charge in [-0.3, -0.25) is 0 Å². The van der Waals surface area contributed by atoms with Crippen LogP contribution in [0.25, 0.3) is 0 Å². The van der Waals surface area contributed by atoms with Crippen molar-refractivity contribution in [2.75, 3.05) is 40.3 Å². The van der Waals surface area contributed by atoms with Crippen LogP contribution in [0.15, 0.2) is 18.2 Å². The highest BCUT2D eigenvalue weighted by atomic mass is 16.5. The number of aryl methyl sites for hydroxylation is 1. The predicted molar refractivity (Wildman–Crippen MR) is 86.8 cm³/mol. The van der Waals surface area contributed by atoms with E-state index in [2.05, 4.69) is 70.2 Å². The third-order valence-electron chi connectivity index (χ3n) is 3.31. The summed E-state index contributed by atoms with van der Waals surface area (Å²) in [5.41, 5.74) is 2.76. The van der Waals surface area contributed by atoms with E-state index in [1.807, 2.05) is 0 Å². The lowest BCUT2D eigenvalue weighted by Crippen LogP contribution is -2.29. The maximum Gasteiger partial charge on any atom is 0.122 e. The van der Waals surface area contributed by atoms with Crippen LogP contribution in [-0.4, -0.2) is 45.2 Å². The fraction of sp³-hybridized carbons (Fsp3) is 0.647. The van der Waals surface area contributed by atoms with Crippen molar-refractivity contribution in [1.82, 2.24) is 10.2 Å². The average Bonchev–Trinajstić information content (AvgIpc) is 2.33. The number of nitrogens with one attached hydrogen (secondary N) is 1. The van der Waals surface area contributed by atoms with E-state index < -0.39 is 0 Å². The Hall–Kier alpha value is -1.06. The van der Waals surface area contributed by atoms with Gasteiger partial charge in [-0.15, -0.1) is 0 Å². The Kier molecular flexibility index (Phi) is 6.50. The smallest absolute Gasteiger partial charge is 0.122 e. The normalized spacial score (nSPS) is 11.9. The maximum absolute atomic E-state index is 5.84. The van der Waals surface area contributed by atoms with Crippen LogP contribution in [0.1, 0.15) is 31.9 Å². The first-order valence-electron chi connectivity index (χ1n) is 7.40. The highest BCUT2D eigenvalue weighted by molar-refractivity contribution is 5.38. The molecular weight excluding hydrogens is 248 g/mol. The standard InChI is InChI=1S/C17H30N2O/c1-14-13-15(17(2,3)4)7-8-16(14)20-12-10-18-9-11-19(5)6/h7-8,13,18H,9-12H2,1-6H3. The summed E-state index contributed by atoms with van der Waals surface area (Å²) in [5, 5.41) is 3.38. The first kappa shape index (κ1) is 17.0. The minimum atomic E-state index is 0.191. The van der Waals surface area contributed by atoms with Gasteiger partial charge in [-0.1, -0.05) is 32.9 Å². The van der Waals surface area contributed by atoms with Gasteiger partial charge in [0, 0.05) is 19.6 Å². The minimum Gasteiger partial charge on any atom is -0.492 e. The van der Waals surface area contributed by atoms with Crippen molar-refractivity contribution in [3.63, 3.8) is 0 Å². The molecular formula is C17H30N2O. The second-order valence-electron chi connectivity index (χ2n) is 6.63. The number of benzene rings is 1. The molecule has 0 spiro atoms. The van der Waals surface area contributed by atoms with Crippen LogP contribution < -0.4 is 10.1 Å². The topological polar surface area (TPSA) is 24.5 Å². The summed E-state index contributed by atoms with van der Waals surface area (Å²) in [6.07, 6.45) is 0. The minimum absolute atomic E-state index is 0.191. The number of nitrogens with zero attached hydrogens (tertiary/aromatic N) is 1. The highest BCUT2D eigenvalue weighted by Crippen LogP contribution is 2.27. The van der Waals surface area contributed by atoms with Gasteiger partial charge in [-0.2, -0.15) is 0 Å². The number of hydrogen-bond donors (Lipinski definition) is 1. The van der Waals surface area contributed by atoms with Crippen molar-refractivity contribution in [3.8, 4) is 5.75 Å². The molecule has 1 rings (SSSR count). The molecule has 0 heterocycles. The summed E-state index contributed by atoms with van der Waals surface area (Å²) >= 11 is 0. The van der Waals surface area contributed by atoms with Crippen LogP contribution in [0, 0.1) is 6.92 Å². The first-order chi connectivity index (χ1) is 9.30. The van der Waals surface area contributed by atoms with Crippen LogP contribution in [0.3, 0.4) is 0 Å². The summed E-state index contributed by atoms with van der Waals surface area (Å²) in [6.45, 7) is 12.5. The first-order valence-corrected chi connectivity index (χ1v) is 7.40. The summed E-state index contributed by atoms with van der Waals surface area (Å²) in [5.74, 6) is 0.993. The molecule has 1 N–H and O–H groups in total. The van der Waals surface area contributed by atoms with E-state index in [0.29, 0.717) is 6.61 Å². The molecule has 0 unspecified atom stereocenters. The molecule has 0 fully saturated rings. The summed E-state index contributed by atoms with van der Waals surface area (Å²) in [7, 11) is 4.16. The summed E-state index contributed by atoms with van der Waals surface area (Å²) < 4.78 is 5.84. The van der Waals surface area contributed by atoms with Crippen molar-refractivity contribution >= 4 is 0 Å². The molecule has 0 amide bonds. The van der Waals surface area contributed by atoms with Crippen molar-refractivity contribution < 1.29 is 4.74 Å². The van der Waals surface area contributed by atoms with Crippen molar-refractivity contribution in [1.29, 1.82) is 0 Å². The highest BCUT2D eigenvalue weighted by Gasteiger charge is 2.14. The monoisotopic (exact) mass is 278 g/mol. The molecule has 0 aromatic heterocycles. The fourth-order valence-corrected chi connectivity index (χ4v) is 1.94. The van der Waals surface area contributed by atoms with Gasteiger partial charge in [0.25, 0.3) is 0 Å². The van der Waals surface area contributed by atoms with Crippen LogP contribution in [0.4, 0.5) is 0 Å². The molecule has 1 aromatic rings. The zero-order valence-electron chi connectivity index (χ0n) is 13.9. The zero-order valence-corrected chi connectivity index (χ0v) is 13.9. The molecule has 1 aromatic carbocycles. The lowest BCUT2D eigenvalue weighted by atomic mass is 9.86. The second kappa shape index (κ2) is 7.65. The van der Waals surface area contributed by atoms with Gasteiger partial charge in [0.15, 0.2) is 0 Å². The largest absolute Gasteiger partial charge is 0.492 e. The van der Waals surface area contributed by atoms with Gasteiger partial charge >= 0.3 is 0 Å². The average molecular weight is 278 g/mol. The molecule has 20 heavy (non-hydrogen) atoms. The number of ether oxygens (including phenoxy) is 1. The van der Waals surface area contributed by atoms with Crippen molar-refractivity contribution in [2.24, 2.45) is 0 Å². The molecule has 0 aliphatic carbocycles. The van der Waals surface area contributed by atoms with Gasteiger partial charge in [0.1, 0.15) is 12.4 Å². The lowest BCUT2D eigenvalue weighted by molar-refractivity contribution is 0.306. The molecule has 114 valence electrons. The Morgan fingerprint density at radius 3 is 2.40 bits per heavy atom. The molecule has 0 aliphatic rings. The van der Waals surface area contributed by atoms with Crippen LogP contribution in [0.5, 0.6) is 5.75 Å². The number of likely N-dealkylation sites (N-methyl/N-ethyl adjacent to an activating group) is 1. The van der Waals surface area contributed by atoms with E-state index in [4.69, 9.17) is 4.74 Å². The SMILES string of the molecule is Cc1cc(C(C)(C)C)ccc1OCCNCCN(C)C. The zero-order chi connectivity index (χ0) is 15.2. The molecule has 3 heteroatoms. The molecule has 0 aliphatic heterocycles. The lowest BCUT2D eigenvalue weighted by Gasteiger charge is -2.20. The summed E-state index contributed by atoms with van der Waals surface area (Å²) in [6, 6.07) is 6.49. The Morgan fingerprint density at radius 1 is 1.15 bits per heavy atom. The van der Waals surface area contributed by atoms with Gasteiger partial charge in [0.2, 0.25) is 0 Å². The Labute approximate surface area is 124 Å². The van der Waals surface area contributed by atoms with Crippen molar-refractivity contribution in [3.05, 3.63) is 29.3 Å². The van der Waals surface area contributed by atoms with Gasteiger partial charge < -0.3 is 15.0 Å². The fourth-order valence-electron chi connectivity index (χ4n) is 1.94. The van der Waals surface area contributed by atoms with E-state index >= 15 is 0 Å². The molecule has 0 saturated carbocycles. The molecule has 0 saturated heterocycles. The molecule has 0 atom stereocenters. The van der Waals surface area contributed by atoms with Gasteiger partial charge in [0.05, 0.1) is 0 Å². The molecule has 0 radical (unpaired) electrons. The number of hydrogen-bond acceptors (Lipinski definition) is 3. The van der Waals surface area contributed by atoms with E-state index in [-0.39, 0.29) is 5.41 Å². The maximum atomic E-state index is 5.84. The van der Waals surface area contributed by atoms with Gasteiger partial charge in [-0.25, -0.2) is 0 Å². The van der Waals surface area contributed by atoms with E-state index in [1.54, 1.807) is 0 Å². The van der Waals surface area contributed by atoms with Crippen LogP contribution in [-0.2, 0) is 5.41 Å². The summed E-state index contributed by atoms with van der Waals surface area (Å²) in [4.78, 5) is 2.17. The third-order valence-corrected chi connectivity index (χ3v) is 3.31. The second-order valence-corrected chi connectivity index (χ2v) is 6.63. The molecule has 3 nitrogen and oxygen atoms in total. The van der Waals surface area contributed by atoms with E-state index in [0.717, 1.165) is 25.4 Å². The van der Waals surface area contributed by atoms with Crippen molar-refractivity contribution in [2.45, 2.75) is 33.1 Å². The van der Waals surface area contributed by atoms with E-state index in [9.17, 15) is 0 Å². The Morgan fingerprint density at radius 2 is 1.85 bits per heavy atom. The molecule has 0 bridgehead atoms. The number of rotatable bonds is 7. The predicted octanol–water partition coefficient (Wildman–Crippen LogP) is 2.82. The Balaban J connectivity index is 2.38. The Bertz CT molecular complexity index is 408. The quantitative estimate of drug-likeness (QED) is 0.776. The van der Waals surface area contributed by atoms with Gasteiger partial charge in [-0.05, 0) is 43.6 Å². The van der Waals surface area contributed by atoms with E-state index in [1.165, 1.54) is 11.1 Å². The third kappa shape index (κ3) is 5.93. The van der Waals surface area contributed by atoms with Crippen LogP contribution >= 0.6 is 0 Å².